The summed E-state index contributed by atoms with van der Waals surface area (Å²) in [6, 6.07) is 10.8. The van der Waals surface area contributed by atoms with E-state index >= 15 is 0 Å². The van der Waals surface area contributed by atoms with Crippen LogP contribution >= 0.6 is 0 Å². The van der Waals surface area contributed by atoms with Gasteiger partial charge in [-0.05, 0) is 29.8 Å². The molecule has 0 unspecified atom stereocenters. The van der Waals surface area contributed by atoms with E-state index in [2.05, 4.69) is 5.32 Å². The zero-order valence-corrected chi connectivity index (χ0v) is 15.2. The van der Waals surface area contributed by atoms with Crippen molar-refractivity contribution in [3.8, 4) is 0 Å². The molecule has 3 rings (SSSR count). The van der Waals surface area contributed by atoms with Crippen molar-refractivity contribution >= 4 is 10.0 Å². The second-order valence-electron chi connectivity index (χ2n) is 6.61. The number of benzene rings is 2. The zero-order valence-electron chi connectivity index (χ0n) is 14.3. The SMILES string of the molecule is O=S(=O)(c1ccccc1)N1C[C@@H](O)[C@](O)(CNCc2cc(F)cc(F)c2)C1. The molecule has 1 aliphatic rings. The minimum atomic E-state index is -3.84. The molecule has 2 aromatic carbocycles. The van der Waals surface area contributed by atoms with Gasteiger partial charge in [-0.1, -0.05) is 18.2 Å². The largest absolute Gasteiger partial charge is 0.389 e. The van der Waals surface area contributed by atoms with Crippen LogP contribution in [0, 0.1) is 11.6 Å². The summed E-state index contributed by atoms with van der Waals surface area (Å²) in [7, 11) is -3.84. The number of aliphatic hydroxyl groups is 2. The van der Waals surface area contributed by atoms with Crippen molar-refractivity contribution in [2.45, 2.75) is 23.1 Å². The maximum Gasteiger partial charge on any atom is 0.243 e. The number of hydrogen-bond acceptors (Lipinski definition) is 5. The maximum absolute atomic E-state index is 13.2. The van der Waals surface area contributed by atoms with Crippen LogP contribution < -0.4 is 5.32 Å². The average molecular weight is 398 g/mol. The highest BCUT2D eigenvalue weighted by molar-refractivity contribution is 7.89. The number of rotatable bonds is 6. The molecule has 2 aromatic rings. The Balaban J connectivity index is 1.66. The number of β-amino-alcohol motifs (C(OH)–C–C–N with tert-alkyl or cyclic N) is 2. The van der Waals surface area contributed by atoms with Gasteiger partial charge in [0.15, 0.2) is 0 Å². The molecule has 3 N–H and O–H groups in total. The van der Waals surface area contributed by atoms with E-state index in [0.29, 0.717) is 5.56 Å². The summed E-state index contributed by atoms with van der Waals surface area (Å²) in [5.41, 5.74) is -1.38. The fourth-order valence-electron chi connectivity index (χ4n) is 3.07. The Labute approximate surface area is 156 Å². The molecule has 0 bridgehead atoms. The van der Waals surface area contributed by atoms with Crippen molar-refractivity contribution in [2.24, 2.45) is 0 Å². The summed E-state index contributed by atoms with van der Waals surface area (Å²) in [6.07, 6.45) is -1.30. The Morgan fingerprint density at radius 1 is 1.15 bits per heavy atom. The van der Waals surface area contributed by atoms with Crippen molar-refractivity contribution in [3.63, 3.8) is 0 Å². The number of sulfonamides is 1. The first-order chi connectivity index (χ1) is 12.7. The highest BCUT2D eigenvalue weighted by atomic mass is 32.2. The summed E-state index contributed by atoms with van der Waals surface area (Å²) < 4.78 is 52.7. The van der Waals surface area contributed by atoms with E-state index < -0.39 is 33.4 Å². The molecule has 0 spiro atoms. The van der Waals surface area contributed by atoms with Crippen LogP contribution in [0.3, 0.4) is 0 Å². The van der Waals surface area contributed by atoms with Crippen LogP contribution in [0.1, 0.15) is 5.56 Å². The molecule has 27 heavy (non-hydrogen) atoms. The van der Waals surface area contributed by atoms with Crippen LogP contribution in [0.4, 0.5) is 8.78 Å². The van der Waals surface area contributed by atoms with Crippen LogP contribution in [0.5, 0.6) is 0 Å². The number of hydrogen-bond donors (Lipinski definition) is 3. The Kier molecular flexibility index (Phi) is 5.59. The van der Waals surface area contributed by atoms with Gasteiger partial charge in [-0.15, -0.1) is 0 Å². The molecule has 9 heteroatoms. The third kappa shape index (κ3) is 4.33. The average Bonchev–Trinajstić information content (AvgIpc) is 2.91. The van der Waals surface area contributed by atoms with Gasteiger partial charge in [-0.25, -0.2) is 17.2 Å². The quantitative estimate of drug-likeness (QED) is 0.671. The molecule has 2 atom stereocenters. The fourth-order valence-corrected chi connectivity index (χ4v) is 4.60. The second-order valence-corrected chi connectivity index (χ2v) is 8.55. The van der Waals surface area contributed by atoms with E-state index in [1.807, 2.05) is 0 Å². The molecule has 0 amide bonds. The normalized spacial score (nSPS) is 23.6. The van der Waals surface area contributed by atoms with Gasteiger partial charge < -0.3 is 15.5 Å². The molecular formula is C18H20F2N2O4S. The first-order valence-electron chi connectivity index (χ1n) is 8.32. The summed E-state index contributed by atoms with van der Waals surface area (Å²) in [6.45, 7) is -0.637. The van der Waals surface area contributed by atoms with Gasteiger partial charge in [0.1, 0.15) is 17.2 Å². The number of halogens is 2. The van der Waals surface area contributed by atoms with Gasteiger partial charge in [0.2, 0.25) is 10.0 Å². The predicted molar refractivity (Wildman–Crippen MR) is 94.2 cm³/mol. The second kappa shape index (κ2) is 7.61. The lowest BCUT2D eigenvalue weighted by atomic mass is 10.0. The van der Waals surface area contributed by atoms with Crippen LogP contribution in [0.15, 0.2) is 53.4 Å². The lowest BCUT2D eigenvalue weighted by Gasteiger charge is -2.26. The molecule has 6 nitrogen and oxygen atoms in total. The number of nitrogens with one attached hydrogen (secondary N) is 1. The molecule has 0 aliphatic carbocycles. The molecule has 1 heterocycles. The summed E-state index contributed by atoms with van der Waals surface area (Å²) >= 11 is 0. The van der Waals surface area contributed by atoms with Crippen LogP contribution in [-0.4, -0.2) is 54.3 Å². The standard InChI is InChI=1S/C18H20F2N2O4S/c19-14-6-13(7-15(20)8-14)9-21-11-18(24)12-22(10-17(18)23)27(25,26)16-4-2-1-3-5-16/h1-8,17,21,23-24H,9-12H2/t17-,18+/m1/s1. The zero-order chi connectivity index (χ0) is 19.7. The lowest BCUT2D eigenvalue weighted by Crippen LogP contribution is -2.50. The van der Waals surface area contributed by atoms with E-state index in [4.69, 9.17) is 0 Å². The summed E-state index contributed by atoms with van der Waals surface area (Å²) in [5.74, 6) is -1.43. The van der Waals surface area contributed by atoms with Crippen LogP contribution in [0.25, 0.3) is 0 Å². The van der Waals surface area contributed by atoms with E-state index in [0.717, 1.165) is 22.5 Å². The first-order valence-corrected chi connectivity index (χ1v) is 9.76. The maximum atomic E-state index is 13.2. The fraction of sp³-hybridized carbons (Fsp3) is 0.333. The summed E-state index contributed by atoms with van der Waals surface area (Å²) in [5, 5.41) is 23.7. The van der Waals surface area contributed by atoms with Gasteiger partial charge in [0, 0.05) is 32.2 Å². The van der Waals surface area contributed by atoms with Crippen molar-refractivity contribution < 1.29 is 27.4 Å². The van der Waals surface area contributed by atoms with Crippen molar-refractivity contribution in [2.75, 3.05) is 19.6 Å². The smallest absolute Gasteiger partial charge is 0.243 e. The topological polar surface area (TPSA) is 89.9 Å². The monoisotopic (exact) mass is 398 g/mol. The van der Waals surface area contributed by atoms with E-state index in [-0.39, 0.29) is 31.1 Å². The third-order valence-corrected chi connectivity index (χ3v) is 6.34. The lowest BCUT2D eigenvalue weighted by molar-refractivity contribution is -0.0384. The molecular weight excluding hydrogens is 378 g/mol. The Morgan fingerprint density at radius 2 is 1.78 bits per heavy atom. The highest BCUT2D eigenvalue weighted by Gasteiger charge is 2.48. The predicted octanol–water partition coefficient (Wildman–Crippen LogP) is 0.851. The number of aliphatic hydroxyl groups excluding tert-OH is 1. The van der Waals surface area contributed by atoms with Gasteiger partial charge >= 0.3 is 0 Å². The Bertz CT molecular complexity index is 891. The molecule has 1 aliphatic heterocycles. The van der Waals surface area contributed by atoms with Crippen LogP contribution in [0.2, 0.25) is 0 Å². The molecule has 0 radical (unpaired) electrons. The van der Waals surface area contributed by atoms with Crippen LogP contribution in [-0.2, 0) is 16.6 Å². The molecule has 146 valence electrons. The third-order valence-electron chi connectivity index (χ3n) is 4.51. The van der Waals surface area contributed by atoms with Gasteiger partial charge in [-0.2, -0.15) is 4.31 Å². The molecule has 0 saturated carbocycles. The van der Waals surface area contributed by atoms with Crippen molar-refractivity contribution in [1.29, 1.82) is 0 Å². The van der Waals surface area contributed by atoms with E-state index in [1.54, 1.807) is 18.2 Å². The van der Waals surface area contributed by atoms with E-state index in [9.17, 15) is 27.4 Å². The molecule has 1 saturated heterocycles. The minimum Gasteiger partial charge on any atom is -0.389 e. The Hall–Kier alpha value is -1.91. The van der Waals surface area contributed by atoms with E-state index in [1.165, 1.54) is 12.1 Å². The highest BCUT2D eigenvalue weighted by Crippen LogP contribution is 2.27. The summed E-state index contributed by atoms with van der Waals surface area (Å²) in [4.78, 5) is 0.0737. The first kappa shape index (κ1) is 19.8. The molecule has 0 aromatic heterocycles. The van der Waals surface area contributed by atoms with Gasteiger partial charge in [0.25, 0.3) is 0 Å². The van der Waals surface area contributed by atoms with Gasteiger partial charge in [0.05, 0.1) is 11.0 Å². The minimum absolute atomic E-state index is 0.0507. The van der Waals surface area contributed by atoms with Crippen molar-refractivity contribution in [1.82, 2.24) is 9.62 Å². The van der Waals surface area contributed by atoms with Gasteiger partial charge in [-0.3, -0.25) is 0 Å². The Morgan fingerprint density at radius 3 is 2.41 bits per heavy atom. The molecule has 1 fully saturated rings. The number of nitrogens with zero attached hydrogens (tertiary/aromatic N) is 1. The van der Waals surface area contributed by atoms with Crippen molar-refractivity contribution in [3.05, 3.63) is 65.7 Å².